The van der Waals surface area contributed by atoms with Gasteiger partial charge in [-0.1, -0.05) is 17.7 Å². The van der Waals surface area contributed by atoms with Crippen LogP contribution < -0.4 is 5.73 Å². The van der Waals surface area contributed by atoms with Gasteiger partial charge in [-0.15, -0.1) is 0 Å². The number of hydrogen-bond acceptors (Lipinski definition) is 4. The van der Waals surface area contributed by atoms with Crippen LogP contribution in [0.5, 0.6) is 0 Å². The number of nitrogens with two attached hydrogens (primary N) is 1. The average Bonchev–Trinajstić information content (AvgIpc) is 3.06. The summed E-state index contributed by atoms with van der Waals surface area (Å²) in [7, 11) is 0. The summed E-state index contributed by atoms with van der Waals surface area (Å²) < 4.78 is 44.1. The summed E-state index contributed by atoms with van der Waals surface area (Å²) in [6.45, 7) is 5.04. The molecule has 2 aromatic rings. The van der Waals surface area contributed by atoms with E-state index in [2.05, 4.69) is 0 Å². The Balaban J connectivity index is 0.000000316. The van der Waals surface area contributed by atoms with E-state index in [0.29, 0.717) is 5.56 Å². The van der Waals surface area contributed by atoms with Crippen LogP contribution in [0, 0.1) is 13.8 Å². The molecule has 1 aliphatic heterocycles. The van der Waals surface area contributed by atoms with Gasteiger partial charge in [0.1, 0.15) is 5.76 Å². The van der Waals surface area contributed by atoms with Crippen molar-refractivity contribution in [2.24, 2.45) is 5.73 Å². The van der Waals surface area contributed by atoms with E-state index in [-0.39, 0.29) is 5.56 Å². The molecule has 1 aromatic heterocycles. The number of thioether (sulfide) groups is 1. The minimum atomic E-state index is -4.36. The van der Waals surface area contributed by atoms with Crippen molar-refractivity contribution in [2.45, 2.75) is 26.2 Å². The maximum atomic E-state index is 13.1. The Morgan fingerprint density at radius 1 is 1.16 bits per heavy atom. The van der Waals surface area contributed by atoms with Gasteiger partial charge >= 0.3 is 6.18 Å². The van der Waals surface area contributed by atoms with Crippen LogP contribution >= 0.6 is 11.8 Å². The first-order valence-electron chi connectivity index (χ1n) is 8.04. The molecule has 1 aromatic carbocycles. The number of furan rings is 1. The van der Waals surface area contributed by atoms with E-state index in [0.717, 1.165) is 30.4 Å². The zero-order valence-electron chi connectivity index (χ0n) is 14.3. The standard InChI is InChI=1S/C13H17F3N2S.C5H6O/c1-9-2-3-10(11(8-9)13(14,15)16)12(17)18-4-6-19-7-5-18;1-5-3-2-4-6-5/h2-3,8,12H,4-7,17H2,1H3;2-4H,1H3. The summed E-state index contributed by atoms with van der Waals surface area (Å²) >= 11 is 1.80. The Morgan fingerprint density at radius 2 is 1.84 bits per heavy atom. The van der Waals surface area contributed by atoms with E-state index in [1.807, 2.05) is 24.0 Å². The monoisotopic (exact) mass is 372 g/mol. The lowest BCUT2D eigenvalue weighted by atomic mass is 10.0. The van der Waals surface area contributed by atoms with Gasteiger partial charge in [0.25, 0.3) is 0 Å². The summed E-state index contributed by atoms with van der Waals surface area (Å²) in [5.41, 5.74) is 6.19. The predicted octanol–water partition coefficient (Wildman–Crippen LogP) is 4.61. The van der Waals surface area contributed by atoms with Crippen LogP contribution in [0.4, 0.5) is 13.2 Å². The van der Waals surface area contributed by atoms with Gasteiger partial charge in [0.05, 0.1) is 18.0 Å². The largest absolute Gasteiger partial charge is 0.470 e. The first-order chi connectivity index (χ1) is 11.8. The van der Waals surface area contributed by atoms with Crippen LogP contribution in [0.15, 0.2) is 41.0 Å². The third-order valence-corrected chi connectivity index (χ3v) is 4.88. The van der Waals surface area contributed by atoms with Crippen molar-refractivity contribution in [1.82, 2.24) is 4.90 Å². The van der Waals surface area contributed by atoms with E-state index in [1.54, 1.807) is 31.0 Å². The van der Waals surface area contributed by atoms with E-state index < -0.39 is 17.9 Å². The summed E-state index contributed by atoms with van der Waals surface area (Å²) in [6.07, 6.45) is -3.38. The van der Waals surface area contributed by atoms with Crippen molar-refractivity contribution in [3.63, 3.8) is 0 Å². The lowest BCUT2D eigenvalue weighted by Crippen LogP contribution is -2.41. The Hall–Kier alpha value is -1.44. The third kappa shape index (κ3) is 5.80. The Morgan fingerprint density at radius 3 is 2.32 bits per heavy atom. The van der Waals surface area contributed by atoms with Gasteiger partial charge < -0.3 is 10.2 Å². The fraction of sp³-hybridized carbons (Fsp3) is 0.444. The molecule has 2 heterocycles. The first-order valence-corrected chi connectivity index (χ1v) is 9.19. The molecule has 1 saturated heterocycles. The molecule has 138 valence electrons. The fourth-order valence-corrected chi connectivity index (χ4v) is 3.52. The number of alkyl halides is 3. The molecule has 1 unspecified atom stereocenters. The van der Waals surface area contributed by atoms with Gasteiger partial charge in [0.2, 0.25) is 0 Å². The number of benzene rings is 1. The van der Waals surface area contributed by atoms with E-state index in [4.69, 9.17) is 10.2 Å². The maximum absolute atomic E-state index is 13.1. The molecule has 3 nitrogen and oxygen atoms in total. The second-order valence-corrected chi connectivity index (χ2v) is 7.13. The van der Waals surface area contributed by atoms with Crippen LogP contribution in [0.25, 0.3) is 0 Å². The van der Waals surface area contributed by atoms with Gasteiger partial charge in [0, 0.05) is 24.6 Å². The lowest BCUT2D eigenvalue weighted by molar-refractivity contribution is -0.138. The van der Waals surface area contributed by atoms with Gasteiger partial charge in [-0.05, 0) is 37.6 Å². The summed E-state index contributed by atoms with van der Waals surface area (Å²) in [5, 5.41) is 0. The van der Waals surface area contributed by atoms with Crippen molar-refractivity contribution in [1.29, 1.82) is 0 Å². The third-order valence-electron chi connectivity index (χ3n) is 3.94. The predicted molar refractivity (Wildman–Crippen MR) is 95.5 cm³/mol. The summed E-state index contributed by atoms with van der Waals surface area (Å²) in [4.78, 5) is 1.91. The fourth-order valence-electron chi connectivity index (χ4n) is 2.59. The second kappa shape index (κ2) is 8.78. The zero-order chi connectivity index (χ0) is 18.4. The van der Waals surface area contributed by atoms with Crippen molar-refractivity contribution >= 4 is 11.8 Å². The van der Waals surface area contributed by atoms with Crippen molar-refractivity contribution < 1.29 is 17.6 Å². The molecule has 0 aliphatic carbocycles. The average molecular weight is 372 g/mol. The van der Waals surface area contributed by atoms with Crippen molar-refractivity contribution in [3.8, 4) is 0 Å². The quantitative estimate of drug-likeness (QED) is 0.836. The number of halogens is 3. The van der Waals surface area contributed by atoms with Crippen LogP contribution in [0.1, 0.15) is 28.6 Å². The molecule has 25 heavy (non-hydrogen) atoms. The Labute approximate surface area is 150 Å². The minimum absolute atomic E-state index is 0.171. The molecule has 2 N–H and O–H groups in total. The zero-order valence-corrected chi connectivity index (χ0v) is 15.2. The molecule has 0 saturated carbocycles. The highest BCUT2D eigenvalue weighted by Gasteiger charge is 2.36. The van der Waals surface area contributed by atoms with E-state index in [1.165, 1.54) is 12.1 Å². The van der Waals surface area contributed by atoms with Crippen LogP contribution in [0.3, 0.4) is 0 Å². The number of hydrogen-bond donors (Lipinski definition) is 1. The van der Waals surface area contributed by atoms with Crippen LogP contribution in [-0.2, 0) is 6.18 Å². The molecule has 7 heteroatoms. The molecular weight excluding hydrogens is 349 g/mol. The highest BCUT2D eigenvalue weighted by Crippen LogP contribution is 2.35. The number of aryl methyl sites for hydroxylation is 2. The van der Waals surface area contributed by atoms with Gasteiger partial charge in [-0.25, -0.2) is 0 Å². The Kier molecular flexibility index (Phi) is 6.98. The summed E-state index contributed by atoms with van der Waals surface area (Å²) in [6, 6.07) is 8.15. The van der Waals surface area contributed by atoms with E-state index in [9.17, 15) is 13.2 Å². The molecular formula is C18H23F3N2OS. The van der Waals surface area contributed by atoms with Crippen molar-refractivity contribution in [2.75, 3.05) is 24.6 Å². The minimum Gasteiger partial charge on any atom is -0.470 e. The molecule has 0 spiro atoms. The van der Waals surface area contributed by atoms with Gasteiger partial charge in [-0.2, -0.15) is 24.9 Å². The van der Waals surface area contributed by atoms with Gasteiger partial charge in [-0.3, -0.25) is 4.90 Å². The normalized spacial score (nSPS) is 16.9. The molecule has 1 atom stereocenters. The second-order valence-electron chi connectivity index (χ2n) is 5.91. The number of nitrogens with zero attached hydrogens (tertiary/aromatic N) is 1. The molecule has 1 aliphatic rings. The van der Waals surface area contributed by atoms with Crippen LogP contribution in [-0.4, -0.2) is 29.5 Å². The number of rotatable bonds is 2. The molecule has 3 rings (SSSR count). The lowest BCUT2D eigenvalue weighted by Gasteiger charge is -2.33. The maximum Gasteiger partial charge on any atom is 0.416 e. The Bertz CT molecular complexity index is 653. The highest BCUT2D eigenvalue weighted by atomic mass is 32.2. The van der Waals surface area contributed by atoms with Crippen LogP contribution in [0.2, 0.25) is 0 Å². The molecule has 0 radical (unpaired) electrons. The molecule has 0 bridgehead atoms. The highest BCUT2D eigenvalue weighted by molar-refractivity contribution is 7.99. The molecule has 1 fully saturated rings. The topological polar surface area (TPSA) is 42.4 Å². The smallest absolute Gasteiger partial charge is 0.416 e. The van der Waals surface area contributed by atoms with Gasteiger partial charge in [0.15, 0.2) is 0 Å². The first kappa shape index (κ1) is 19.9. The SMILES string of the molecule is Cc1ccc(C(N)N2CCSCC2)c(C(F)(F)F)c1.Cc1ccco1. The molecule has 0 amide bonds. The van der Waals surface area contributed by atoms with E-state index >= 15 is 0 Å². The summed E-state index contributed by atoms with van der Waals surface area (Å²) in [5.74, 6) is 2.80. The van der Waals surface area contributed by atoms with Crippen molar-refractivity contribution in [3.05, 3.63) is 59.0 Å².